The predicted molar refractivity (Wildman–Crippen MR) is 128 cm³/mol. The first kappa shape index (κ1) is 25.1. The lowest BCUT2D eigenvalue weighted by atomic mass is 10.0. The molecule has 0 spiro atoms. The van der Waals surface area contributed by atoms with Gasteiger partial charge in [0, 0.05) is 48.7 Å². The lowest BCUT2D eigenvalue weighted by Gasteiger charge is -2.27. The highest BCUT2D eigenvalue weighted by molar-refractivity contribution is 7.10. The standard InChI is InChI=1S/C22H30N4OS.2ClH/c1-2-16-5-6-18(25-12-16)13-26-11-8-19-20(15-28-21(19)14-26)22(27)24-10-7-17-4-3-9-23-17;;/h5-6,12,15,17,23H,2-4,7-11,13-14H2,1H3,(H,24,27);2*1H/t17-;;/m0../s1. The van der Waals surface area contributed by atoms with Crippen molar-refractivity contribution in [2.24, 2.45) is 0 Å². The van der Waals surface area contributed by atoms with Crippen molar-refractivity contribution in [3.05, 3.63) is 51.0 Å². The van der Waals surface area contributed by atoms with E-state index in [0.717, 1.165) is 63.2 Å². The molecule has 1 atom stereocenters. The van der Waals surface area contributed by atoms with E-state index in [1.54, 1.807) is 11.3 Å². The van der Waals surface area contributed by atoms with Crippen LogP contribution in [0.4, 0.5) is 0 Å². The van der Waals surface area contributed by atoms with Gasteiger partial charge in [-0.2, -0.15) is 0 Å². The van der Waals surface area contributed by atoms with E-state index in [9.17, 15) is 4.79 Å². The fraction of sp³-hybridized carbons (Fsp3) is 0.545. The van der Waals surface area contributed by atoms with Crippen molar-refractivity contribution in [2.45, 2.75) is 58.2 Å². The highest BCUT2D eigenvalue weighted by Gasteiger charge is 2.24. The van der Waals surface area contributed by atoms with E-state index >= 15 is 0 Å². The van der Waals surface area contributed by atoms with Gasteiger partial charge in [-0.05, 0) is 55.8 Å². The smallest absolute Gasteiger partial charge is 0.252 e. The van der Waals surface area contributed by atoms with Crippen molar-refractivity contribution < 1.29 is 4.79 Å². The number of aromatic nitrogens is 1. The zero-order valence-corrected chi connectivity index (χ0v) is 19.9. The van der Waals surface area contributed by atoms with Crippen LogP contribution < -0.4 is 10.6 Å². The summed E-state index contributed by atoms with van der Waals surface area (Å²) in [7, 11) is 0. The zero-order valence-electron chi connectivity index (χ0n) is 17.5. The molecule has 5 nitrogen and oxygen atoms in total. The van der Waals surface area contributed by atoms with Gasteiger partial charge in [0.15, 0.2) is 0 Å². The summed E-state index contributed by atoms with van der Waals surface area (Å²) in [6.07, 6.45) is 7.46. The van der Waals surface area contributed by atoms with Gasteiger partial charge in [0.25, 0.3) is 5.91 Å². The van der Waals surface area contributed by atoms with Crippen LogP contribution in [0.5, 0.6) is 0 Å². The number of hydrogen-bond acceptors (Lipinski definition) is 5. The van der Waals surface area contributed by atoms with E-state index in [4.69, 9.17) is 0 Å². The van der Waals surface area contributed by atoms with Crippen LogP contribution in [-0.4, -0.2) is 41.5 Å². The summed E-state index contributed by atoms with van der Waals surface area (Å²) >= 11 is 1.72. The molecule has 0 radical (unpaired) electrons. The third-order valence-electron chi connectivity index (χ3n) is 5.89. The van der Waals surface area contributed by atoms with Gasteiger partial charge in [-0.15, -0.1) is 36.2 Å². The number of carbonyl (C=O) groups excluding carboxylic acids is 1. The minimum absolute atomic E-state index is 0. The molecule has 2 aromatic heterocycles. The first-order chi connectivity index (χ1) is 13.7. The van der Waals surface area contributed by atoms with Gasteiger partial charge in [-0.3, -0.25) is 14.7 Å². The summed E-state index contributed by atoms with van der Waals surface area (Å²) in [5.74, 6) is 0.0979. The lowest BCUT2D eigenvalue weighted by Crippen LogP contribution is -2.33. The van der Waals surface area contributed by atoms with Crippen LogP contribution >= 0.6 is 36.2 Å². The SMILES string of the molecule is CCc1ccc(CN2CCc3c(C(=O)NCC[C@@H]4CCCN4)csc3C2)nc1.Cl.Cl. The molecule has 0 aromatic carbocycles. The number of aryl methyl sites for hydroxylation is 1. The zero-order chi connectivity index (χ0) is 19.3. The number of nitrogens with one attached hydrogen (secondary N) is 2. The Morgan fingerprint density at radius 2 is 2.23 bits per heavy atom. The van der Waals surface area contributed by atoms with Crippen LogP contribution in [0.1, 0.15) is 58.2 Å². The van der Waals surface area contributed by atoms with Crippen LogP contribution in [0, 0.1) is 0 Å². The molecule has 2 aliphatic heterocycles. The van der Waals surface area contributed by atoms with E-state index in [1.165, 1.54) is 28.8 Å². The van der Waals surface area contributed by atoms with Crippen LogP contribution in [0.15, 0.2) is 23.7 Å². The molecule has 0 aliphatic carbocycles. The molecular formula is C22H32Cl2N4OS. The normalized spacial score (nSPS) is 18.2. The summed E-state index contributed by atoms with van der Waals surface area (Å²) in [6.45, 7) is 6.79. The molecule has 1 saturated heterocycles. The number of nitrogens with zero attached hydrogens (tertiary/aromatic N) is 2. The molecule has 4 rings (SSSR count). The van der Waals surface area contributed by atoms with E-state index in [2.05, 4.69) is 39.6 Å². The predicted octanol–water partition coefficient (Wildman–Crippen LogP) is 3.98. The average molecular weight is 471 g/mol. The van der Waals surface area contributed by atoms with Crippen LogP contribution in [0.25, 0.3) is 0 Å². The quantitative estimate of drug-likeness (QED) is 0.642. The second-order valence-corrected chi connectivity index (χ2v) is 8.83. The summed E-state index contributed by atoms with van der Waals surface area (Å²) in [4.78, 5) is 21.0. The van der Waals surface area contributed by atoms with E-state index < -0.39 is 0 Å². The molecule has 0 unspecified atom stereocenters. The van der Waals surface area contributed by atoms with Gasteiger partial charge in [0.05, 0.1) is 11.3 Å². The molecule has 30 heavy (non-hydrogen) atoms. The monoisotopic (exact) mass is 470 g/mol. The van der Waals surface area contributed by atoms with Gasteiger partial charge >= 0.3 is 0 Å². The molecule has 0 saturated carbocycles. The molecule has 166 valence electrons. The van der Waals surface area contributed by atoms with Crippen LogP contribution in [0.3, 0.4) is 0 Å². The largest absolute Gasteiger partial charge is 0.352 e. The molecule has 0 bridgehead atoms. The Morgan fingerprint density at radius 3 is 2.93 bits per heavy atom. The Bertz CT molecular complexity index is 806. The lowest BCUT2D eigenvalue weighted by molar-refractivity contribution is 0.0951. The molecule has 8 heteroatoms. The topological polar surface area (TPSA) is 57.3 Å². The maximum atomic E-state index is 12.6. The van der Waals surface area contributed by atoms with Crippen LogP contribution in [0.2, 0.25) is 0 Å². The summed E-state index contributed by atoms with van der Waals surface area (Å²) in [5.41, 5.74) is 4.55. The maximum absolute atomic E-state index is 12.6. The highest BCUT2D eigenvalue weighted by Crippen LogP contribution is 2.29. The fourth-order valence-corrected chi connectivity index (χ4v) is 5.27. The second kappa shape index (κ2) is 12.0. The van der Waals surface area contributed by atoms with Crippen molar-refractivity contribution in [3.8, 4) is 0 Å². The maximum Gasteiger partial charge on any atom is 0.252 e. The number of amides is 1. The molecule has 1 amide bonds. The Balaban J connectivity index is 0.00000160. The molecule has 1 fully saturated rings. The fourth-order valence-electron chi connectivity index (χ4n) is 4.15. The number of carbonyl (C=O) groups is 1. The number of fused-ring (bicyclic) bond motifs is 1. The minimum Gasteiger partial charge on any atom is -0.352 e. The Labute approximate surface area is 195 Å². The number of hydrogen-bond donors (Lipinski definition) is 2. The molecule has 4 heterocycles. The van der Waals surface area contributed by atoms with Crippen molar-refractivity contribution in [1.29, 1.82) is 0 Å². The van der Waals surface area contributed by atoms with Gasteiger partial charge < -0.3 is 10.6 Å². The van der Waals surface area contributed by atoms with Gasteiger partial charge in [0.2, 0.25) is 0 Å². The minimum atomic E-state index is 0. The Kier molecular flexibility index (Phi) is 10.0. The van der Waals surface area contributed by atoms with Crippen molar-refractivity contribution in [2.75, 3.05) is 19.6 Å². The number of pyridine rings is 1. The van der Waals surface area contributed by atoms with E-state index in [1.807, 2.05) is 11.6 Å². The van der Waals surface area contributed by atoms with Crippen molar-refractivity contribution in [1.82, 2.24) is 20.5 Å². The Hall–Kier alpha value is -1.18. The second-order valence-electron chi connectivity index (χ2n) is 7.86. The number of halogens is 2. The highest BCUT2D eigenvalue weighted by atomic mass is 35.5. The van der Waals surface area contributed by atoms with Crippen molar-refractivity contribution >= 4 is 42.1 Å². The van der Waals surface area contributed by atoms with E-state index in [-0.39, 0.29) is 30.7 Å². The third-order valence-corrected chi connectivity index (χ3v) is 6.90. The van der Waals surface area contributed by atoms with Crippen LogP contribution in [-0.2, 0) is 25.9 Å². The molecule has 2 N–H and O–H groups in total. The number of thiophene rings is 1. The molecule has 2 aliphatic rings. The van der Waals surface area contributed by atoms with Crippen molar-refractivity contribution in [3.63, 3.8) is 0 Å². The first-order valence-electron chi connectivity index (χ1n) is 10.5. The summed E-state index contributed by atoms with van der Waals surface area (Å²) < 4.78 is 0. The van der Waals surface area contributed by atoms with Gasteiger partial charge in [0.1, 0.15) is 0 Å². The number of rotatable bonds is 7. The summed E-state index contributed by atoms with van der Waals surface area (Å²) in [5, 5.41) is 8.66. The molecular weight excluding hydrogens is 439 g/mol. The first-order valence-corrected chi connectivity index (χ1v) is 11.4. The average Bonchev–Trinajstić information content (AvgIpc) is 3.38. The summed E-state index contributed by atoms with van der Waals surface area (Å²) in [6, 6.07) is 4.89. The molecule has 2 aromatic rings. The van der Waals surface area contributed by atoms with Gasteiger partial charge in [-0.1, -0.05) is 13.0 Å². The van der Waals surface area contributed by atoms with Gasteiger partial charge in [-0.25, -0.2) is 0 Å². The third kappa shape index (κ3) is 6.17. The van der Waals surface area contributed by atoms with E-state index in [0.29, 0.717) is 6.04 Å². The Morgan fingerprint density at radius 1 is 1.37 bits per heavy atom.